The number of rotatable bonds is 2. The molecule has 0 amide bonds. The van der Waals surface area contributed by atoms with Crippen LogP contribution in [0.3, 0.4) is 0 Å². The van der Waals surface area contributed by atoms with Gasteiger partial charge in [-0.2, -0.15) is 0 Å². The predicted octanol–water partition coefficient (Wildman–Crippen LogP) is 3.68. The maximum atomic E-state index is 14.3. The zero-order chi connectivity index (χ0) is 19.4. The summed E-state index contributed by atoms with van der Waals surface area (Å²) in [6, 6.07) is 4.87. The summed E-state index contributed by atoms with van der Waals surface area (Å²) in [6.45, 7) is 5.92. The number of amidine groups is 1. The first-order chi connectivity index (χ1) is 12.2. The van der Waals surface area contributed by atoms with Crippen LogP contribution in [0.5, 0.6) is 0 Å². The third-order valence-electron chi connectivity index (χ3n) is 4.65. The number of carbonyl (C=O) groups excluding carboxylic acids is 1. The summed E-state index contributed by atoms with van der Waals surface area (Å²) in [6.07, 6.45) is 3.19. The van der Waals surface area contributed by atoms with Crippen LogP contribution in [0.15, 0.2) is 23.2 Å². The van der Waals surface area contributed by atoms with E-state index in [0.29, 0.717) is 23.6 Å². The van der Waals surface area contributed by atoms with Gasteiger partial charge in [0.05, 0.1) is 5.54 Å². The third-order valence-corrected chi connectivity index (χ3v) is 5.77. The fraction of sp³-hybridized carbons (Fsp3) is 0.579. The molecule has 7 heteroatoms. The van der Waals surface area contributed by atoms with Crippen LogP contribution in [0.1, 0.15) is 45.6 Å². The number of nitrogens with zero attached hydrogens (tertiary/aromatic N) is 1. The van der Waals surface area contributed by atoms with Crippen molar-refractivity contribution in [3.8, 4) is 0 Å². The molecule has 3 N–H and O–H groups in total. The molecule has 1 aromatic carbocycles. The van der Waals surface area contributed by atoms with Gasteiger partial charge < -0.3 is 15.8 Å². The summed E-state index contributed by atoms with van der Waals surface area (Å²) < 4.78 is 18.8. The molecule has 2 fully saturated rings. The molecule has 2 aliphatic rings. The first kappa shape index (κ1) is 20.6. The Hall–Kier alpha value is -1.76. The Labute approximate surface area is 159 Å². The molecule has 26 heavy (non-hydrogen) atoms. The molecule has 5 nitrogen and oxygen atoms in total. The van der Waals surface area contributed by atoms with Crippen molar-refractivity contribution in [1.29, 1.82) is 0 Å². The second-order valence-electron chi connectivity index (χ2n) is 7.59. The highest BCUT2D eigenvalue weighted by Gasteiger charge is 2.48. The average Bonchev–Trinajstić information content (AvgIpc) is 3.00. The highest BCUT2D eigenvalue weighted by atomic mass is 32.2. The van der Waals surface area contributed by atoms with E-state index in [1.54, 1.807) is 30.9 Å². The summed E-state index contributed by atoms with van der Waals surface area (Å²) in [5.41, 5.74) is 6.54. The smallest absolute Gasteiger partial charge is 0.293 e. The molecule has 1 aromatic rings. The van der Waals surface area contributed by atoms with E-state index in [9.17, 15) is 9.18 Å². The van der Waals surface area contributed by atoms with E-state index < -0.39 is 0 Å². The molecule has 0 aromatic heterocycles. The number of fused-ring (bicyclic) bond motifs is 1. The molecule has 1 aliphatic carbocycles. The lowest BCUT2D eigenvalue weighted by Crippen LogP contribution is -2.52. The van der Waals surface area contributed by atoms with Crippen LogP contribution in [0.4, 0.5) is 10.1 Å². The van der Waals surface area contributed by atoms with Crippen molar-refractivity contribution in [3.05, 3.63) is 29.6 Å². The van der Waals surface area contributed by atoms with Crippen molar-refractivity contribution < 1.29 is 13.9 Å². The van der Waals surface area contributed by atoms with Gasteiger partial charge in [-0.05, 0) is 57.7 Å². The highest BCUT2D eigenvalue weighted by molar-refractivity contribution is 8.13. The topological polar surface area (TPSA) is 76.7 Å². The monoisotopic (exact) mass is 381 g/mol. The Morgan fingerprint density at radius 3 is 2.77 bits per heavy atom. The first-order valence-corrected chi connectivity index (χ1v) is 9.75. The first-order valence-electron chi connectivity index (χ1n) is 8.76. The van der Waals surface area contributed by atoms with E-state index in [1.165, 1.54) is 6.07 Å². The van der Waals surface area contributed by atoms with Crippen molar-refractivity contribution in [2.24, 2.45) is 10.9 Å². The Balaban J connectivity index is 0.000000298. The van der Waals surface area contributed by atoms with Crippen LogP contribution in [0.25, 0.3) is 0 Å². The van der Waals surface area contributed by atoms with Gasteiger partial charge in [-0.25, -0.2) is 4.39 Å². The van der Waals surface area contributed by atoms with Crippen LogP contribution in [0.2, 0.25) is 0 Å². The summed E-state index contributed by atoms with van der Waals surface area (Å²) >= 11 is 1.73. The predicted molar refractivity (Wildman–Crippen MR) is 106 cm³/mol. The molecule has 2 unspecified atom stereocenters. The van der Waals surface area contributed by atoms with Gasteiger partial charge in [0, 0.05) is 24.1 Å². The Morgan fingerprint density at radius 2 is 2.19 bits per heavy atom. The number of anilines is 1. The Morgan fingerprint density at radius 1 is 1.46 bits per heavy atom. The van der Waals surface area contributed by atoms with Gasteiger partial charge in [0.25, 0.3) is 6.47 Å². The molecular weight excluding hydrogens is 353 g/mol. The maximum Gasteiger partial charge on any atom is 0.293 e. The minimum absolute atomic E-state index is 0.170. The molecule has 1 aliphatic heterocycles. The van der Waals surface area contributed by atoms with Crippen molar-refractivity contribution in [2.75, 3.05) is 18.5 Å². The lowest BCUT2D eigenvalue weighted by molar-refractivity contribution is -0.138. The van der Waals surface area contributed by atoms with Crippen molar-refractivity contribution in [2.45, 2.75) is 51.2 Å². The fourth-order valence-electron chi connectivity index (χ4n) is 3.45. The second-order valence-corrected chi connectivity index (χ2v) is 8.60. The van der Waals surface area contributed by atoms with Crippen LogP contribution < -0.4 is 11.1 Å². The summed E-state index contributed by atoms with van der Waals surface area (Å²) in [7, 11) is 1.77. The van der Waals surface area contributed by atoms with Crippen molar-refractivity contribution in [3.63, 3.8) is 0 Å². The molecule has 1 saturated carbocycles. The average molecular weight is 382 g/mol. The zero-order valence-corrected chi connectivity index (χ0v) is 16.7. The summed E-state index contributed by atoms with van der Waals surface area (Å²) in [5, 5.41) is 4.38. The van der Waals surface area contributed by atoms with Crippen LogP contribution in [0, 0.1) is 11.7 Å². The Bertz CT molecular complexity index is 675. The van der Waals surface area contributed by atoms with Gasteiger partial charge in [0.2, 0.25) is 0 Å². The number of aliphatic imine (C=N–C) groups is 1. The molecule has 0 spiro atoms. The molecule has 3 rings (SSSR count). The number of halogens is 1. The molecular formula is C19H28FN3O2S. The SMILES string of the molecule is CC(C)(C)OC=O.CN=C1NC2(c3cc(N)ccc3F)CCCC2CS1. The zero-order valence-electron chi connectivity index (χ0n) is 15.8. The molecule has 1 saturated heterocycles. The lowest BCUT2D eigenvalue weighted by Gasteiger charge is -2.42. The largest absolute Gasteiger partial charge is 0.462 e. The number of hydrogen-bond acceptors (Lipinski definition) is 5. The number of hydrogen-bond donors (Lipinski definition) is 2. The van der Waals surface area contributed by atoms with Crippen molar-refractivity contribution >= 4 is 29.1 Å². The van der Waals surface area contributed by atoms with Gasteiger partial charge in [-0.3, -0.25) is 9.79 Å². The highest BCUT2D eigenvalue weighted by Crippen LogP contribution is 2.48. The summed E-state index contributed by atoms with van der Waals surface area (Å²) in [5.74, 6) is 1.27. The quantitative estimate of drug-likeness (QED) is 0.604. The van der Waals surface area contributed by atoms with E-state index in [4.69, 9.17) is 5.73 Å². The number of nitrogens with one attached hydrogen (secondary N) is 1. The van der Waals surface area contributed by atoms with Gasteiger partial charge in [-0.15, -0.1) is 0 Å². The van der Waals surface area contributed by atoms with Gasteiger partial charge in [0.1, 0.15) is 11.4 Å². The Kier molecular flexibility index (Phi) is 6.55. The number of carbonyl (C=O) groups is 1. The lowest BCUT2D eigenvalue weighted by atomic mass is 9.80. The molecule has 2 atom stereocenters. The van der Waals surface area contributed by atoms with Crippen molar-refractivity contribution in [1.82, 2.24) is 5.32 Å². The minimum Gasteiger partial charge on any atom is -0.462 e. The second kappa shape index (κ2) is 8.29. The third kappa shape index (κ3) is 4.69. The standard InChI is InChI=1S/C14H18FN3S.C5H10O2/c1-17-13-18-14(6-2-3-9(14)8-19-13)11-7-10(16)4-5-12(11)15;1-5(2,3)7-4-6/h4-5,7,9H,2-3,6,8,16H2,1H3,(H,17,18);4H,1-3H3. The van der Waals surface area contributed by atoms with Gasteiger partial charge in [-0.1, -0.05) is 18.2 Å². The number of benzene rings is 1. The number of thioether (sulfide) groups is 1. The molecule has 0 bridgehead atoms. The fourth-order valence-corrected chi connectivity index (χ4v) is 4.64. The number of nitrogens with two attached hydrogens (primary N) is 1. The normalized spacial score (nSPS) is 26.3. The maximum absolute atomic E-state index is 14.3. The number of ether oxygens (including phenoxy) is 1. The number of nitrogen functional groups attached to an aromatic ring is 1. The van der Waals surface area contributed by atoms with E-state index in [0.717, 1.165) is 30.2 Å². The van der Waals surface area contributed by atoms with E-state index >= 15 is 0 Å². The molecule has 144 valence electrons. The van der Waals surface area contributed by atoms with E-state index in [1.807, 2.05) is 20.8 Å². The minimum atomic E-state index is -0.320. The van der Waals surface area contributed by atoms with Crippen LogP contribution in [-0.4, -0.2) is 30.0 Å². The van der Waals surface area contributed by atoms with Gasteiger partial charge >= 0.3 is 0 Å². The molecule has 1 heterocycles. The van der Waals surface area contributed by atoms with Crippen LogP contribution in [-0.2, 0) is 15.1 Å². The summed E-state index contributed by atoms with van der Waals surface area (Å²) in [4.78, 5) is 13.8. The van der Waals surface area contributed by atoms with E-state index in [2.05, 4.69) is 15.0 Å². The van der Waals surface area contributed by atoms with E-state index in [-0.39, 0.29) is 17.0 Å². The van der Waals surface area contributed by atoms with Crippen LogP contribution >= 0.6 is 11.8 Å². The van der Waals surface area contributed by atoms with Gasteiger partial charge in [0.15, 0.2) is 5.17 Å². The molecule has 0 radical (unpaired) electrons.